The fourth-order valence-corrected chi connectivity index (χ4v) is 2.66. The van der Waals surface area contributed by atoms with Crippen LogP contribution in [0.5, 0.6) is 0 Å². The predicted molar refractivity (Wildman–Crippen MR) is 94.8 cm³/mol. The minimum absolute atomic E-state index is 0.193. The van der Waals surface area contributed by atoms with E-state index in [1.165, 1.54) is 12.1 Å². The Hall–Kier alpha value is -2.89. The highest BCUT2D eigenvalue weighted by Crippen LogP contribution is 2.23. The van der Waals surface area contributed by atoms with Gasteiger partial charge in [0.2, 0.25) is 0 Å². The summed E-state index contributed by atoms with van der Waals surface area (Å²) in [6.07, 6.45) is 3.70. The SMILES string of the molecule is Cc1nn(-c2ccc(F)cc2)c(-n2cccc2)c1C(=O)NC(C)(C)C. The molecule has 0 aliphatic rings. The Morgan fingerprint density at radius 1 is 1.12 bits per heavy atom. The highest BCUT2D eigenvalue weighted by molar-refractivity contribution is 5.99. The van der Waals surface area contributed by atoms with E-state index < -0.39 is 0 Å². The second-order valence-corrected chi connectivity index (χ2v) is 6.97. The molecule has 1 amide bonds. The third-order valence-corrected chi connectivity index (χ3v) is 3.67. The van der Waals surface area contributed by atoms with Crippen molar-refractivity contribution in [1.29, 1.82) is 0 Å². The molecule has 0 spiro atoms. The van der Waals surface area contributed by atoms with Crippen LogP contribution in [0.1, 0.15) is 36.8 Å². The number of benzene rings is 1. The fraction of sp³-hybridized carbons (Fsp3) is 0.263. The maximum Gasteiger partial charge on any atom is 0.257 e. The molecule has 0 saturated carbocycles. The van der Waals surface area contributed by atoms with Crippen molar-refractivity contribution in [3.8, 4) is 11.5 Å². The monoisotopic (exact) mass is 340 g/mol. The van der Waals surface area contributed by atoms with Gasteiger partial charge in [-0.3, -0.25) is 4.79 Å². The van der Waals surface area contributed by atoms with Crippen molar-refractivity contribution in [3.05, 3.63) is 65.9 Å². The van der Waals surface area contributed by atoms with Crippen LogP contribution in [0.2, 0.25) is 0 Å². The third-order valence-electron chi connectivity index (χ3n) is 3.67. The zero-order chi connectivity index (χ0) is 18.2. The zero-order valence-electron chi connectivity index (χ0n) is 14.7. The quantitative estimate of drug-likeness (QED) is 0.791. The number of hydrogen-bond donors (Lipinski definition) is 1. The molecular formula is C19H21FN4O. The molecule has 3 aromatic rings. The molecule has 5 nitrogen and oxygen atoms in total. The van der Waals surface area contributed by atoms with Gasteiger partial charge in [-0.05, 0) is 64.1 Å². The second kappa shape index (κ2) is 6.20. The number of carbonyl (C=O) groups excluding carboxylic acids is 1. The molecule has 1 aromatic carbocycles. The van der Waals surface area contributed by atoms with Crippen LogP contribution < -0.4 is 5.32 Å². The van der Waals surface area contributed by atoms with Crippen LogP contribution in [0.15, 0.2) is 48.8 Å². The molecule has 0 saturated heterocycles. The lowest BCUT2D eigenvalue weighted by Crippen LogP contribution is -2.41. The first-order valence-corrected chi connectivity index (χ1v) is 8.08. The van der Waals surface area contributed by atoms with Crippen molar-refractivity contribution in [3.63, 3.8) is 0 Å². The summed E-state index contributed by atoms with van der Waals surface area (Å²) in [6, 6.07) is 9.79. The molecule has 3 rings (SSSR count). The minimum Gasteiger partial charge on any atom is -0.347 e. The van der Waals surface area contributed by atoms with Crippen molar-refractivity contribution in [2.75, 3.05) is 0 Å². The van der Waals surface area contributed by atoms with Crippen LogP contribution in [-0.4, -0.2) is 25.8 Å². The average molecular weight is 340 g/mol. The standard InChI is InChI=1S/C19H21FN4O/c1-13-16(17(25)21-19(2,3)4)18(23-11-5-6-12-23)24(22-13)15-9-7-14(20)8-10-15/h5-12H,1-4H3,(H,21,25). The lowest BCUT2D eigenvalue weighted by atomic mass is 10.1. The van der Waals surface area contributed by atoms with E-state index in [1.807, 2.05) is 49.9 Å². The van der Waals surface area contributed by atoms with Crippen LogP contribution in [0.3, 0.4) is 0 Å². The van der Waals surface area contributed by atoms with Gasteiger partial charge >= 0.3 is 0 Å². The number of aromatic nitrogens is 3. The molecule has 0 bridgehead atoms. The molecule has 6 heteroatoms. The fourth-order valence-electron chi connectivity index (χ4n) is 2.66. The van der Waals surface area contributed by atoms with Gasteiger partial charge in [0.15, 0.2) is 5.82 Å². The van der Waals surface area contributed by atoms with Crippen molar-refractivity contribution >= 4 is 5.91 Å². The Kier molecular flexibility index (Phi) is 4.20. The molecule has 0 fully saturated rings. The van der Waals surface area contributed by atoms with E-state index in [1.54, 1.807) is 23.7 Å². The maximum atomic E-state index is 13.3. The Morgan fingerprint density at radius 2 is 1.72 bits per heavy atom. The topological polar surface area (TPSA) is 51.9 Å². The molecule has 0 radical (unpaired) electrons. The predicted octanol–water partition coefficient (Wildman–Crippen LogP) is 3.64. The van der Waals surface area contributed by atoms with Gasteiger partial charge in [-0.15, -0.1) is 0 Å². The molecule has 2 heterocycles. The molecule has 25 heavy (non-hydrogen) atoms. The van der Waals surface area contributed by atoms with E-state index in [-0.39, 0.29) is 17.3 Å². The molecule has 130 valence electrons. The lowest BCUT2D eigenvalue weighted by molar-refractivity contribution is 0.0919. The average Bonchev–Trinajstić information content (AvgIpc) is 3.13. The van der Waals surface area contributed by atoms with E-state index in [4.69, 9.17) is 0 Å². The smallest absolute Gasteiger partial charge is 0.257 e. The summed E-state index contributed by atoms with van der Waals surface area (Å²) < 4.78 is 16.8. The van der Waals surface area contributed by atoms with Crippen molar-refractivity contribution in [1.82, 2.24) is 19.7 Å². The highest BCUT2D eigenvalue weighted by Gasteiger charge is 2.26. The summed E-state index contributed by atoms with van der Waals surface area (Å²) in [5.41, 5.74) is 1.42. The summed E-state index contributed by atoms with van der Waals surface area (Å²) in [5, 5.41) is 7.52. The van der Waals surface area contributed by atoms with Crippen molar-refractivity contribution < 1.29 is 9.18 Å². The number of nitrogens with zero attached hydrogens (tertiary/aromatic N) is 3. The van der Waals surface area contributed by atoms with Gasteiger partial charge in [0.1, 0.15) is 11.4 Å². The molecule has 0 atom stereocenters. The summed E-state index contributed by atoms with van der Waals surface area (Å²) >= 11 is 0. The first-order valence-electron chi connectivity index (χ1n) is 8.08. The van der Waals surface area contributed by atoms with E-state index in [0.29, 0.717) is 22.8 Å². The number of amides is 1. The summed E-state index contributed by atoms with van der Waals surface area (Å²) in [4.78, 5) is 12.9. The van der Waals surface area contributed by atoms with Crippen molar-refractivity contribution in [2.45, 2.75) is 33.2 Å². The summed E-state index contributed by atoms with van der Waals surface area (Å²) in [7, 11) is 0. The summed E-state index contributed by atoms with van der Waals surface area (Å²) in [6.45, 7) is 7.59. The lowest BCUT2D eigenvalue weighted by Gasteiger charge is -2.21. The maximum absolute atomic E-state index is 13.3. The molecule has 2 aromatic heterocycles. The Bertz CT molecular complexity index is 887. The number of hydrogen-bond acceptors (Lipinski definition) is 2. The summed E-state index contributed by atoms with van der Waals surface area (Å²) in [5.74, 6) is 0.110. The Morgan fingerprint density at radius 3 is 2.28 bits per heavy atom. The van der Waals surface area contributed by atoms with Gasteiger partial charge in [-0.1, -0.05) is 0 Å². The van der Waals surface area contributed by atoms with Crippen LogP contribution in [-0.2, 0) is 0 Å². The molecular weight excluding hydrogens is 319 g/mol. The van der Waals surface area contributed by atoms with Gasteiger partial charge in [0, 0.05) is 17.9 Å². The molecule has 0 aliphatic carbocycles. The van der Waals surface area contributed by atoms with Gasteiger partial charge in [-0.25, -0.2) is 9.07 Å². The van der Waals surface area contributed by atoms with Crippen LogP contribution >= 0.6 is 0 Å². The Labute approximate surface area is 146 Å². The molecule has 0 unspecified atom stereocenters. The number of carbonyl (C=O) groups is 1. The number of nitrogens with one attached hydrogen (secondary N) is 1. The van der Waals surface area contributed by atoms with Gasteiger partial charge in [0.25, 0.3) is 5.91 Å². The van der Waals surface area contributed by atoms with Crippen LogP contribution in [0.4, 0.5) is 4.39 Å². The normalized spacial score (nSPS) is 11.6. The minimum atomic E-state index is -0.366. The van der Waals surface area contributed by atoms with Gasteiger partial charge < -0.3 is 9.88 Å². The highest BCUT2D eigenvalue weighted by atomic mass is 19.1. The van der Waals surface area contributed by atoms with Gasteiger partial charge in [0.05, 0.1) is 11.4 Å². The number of rotatable bonds is 3. The van der Waals surface area contributed by atoms with Gasteiger partial charge in [-0.2, -0.15) is 5.10 Å². The first-order chi connectivity index (χ1) is 11.8. The van der Waals surface area contributed by atoms with E-state index >= 15 is 0 Å². The molecule has 1 N–H and O–H groups in total. The largest absolute Gasteiger partial charge is 0.347 e. The van der Waals surface area contributed by atoms with E-state index in [9.17, 15) is 9.18 Å². The van der Waals surface area contributed by atoms with E-state index in [2.05, 4.69) is 10.4 Å². The number of aryl methyl sites for hydroxylation is 1. The van der Waals surface area contributed by atoms with E-state index in [0.717, 1.165) is 0 Å². The van der Waals surface area contributed by atoms with Crippen LogP contribution in [0.25, 0.3) is 11.5 Å². The van der Waals surface area contributed by atoms with Crippen molar-refractivity contribution in [2.24, 2.45) is 0 Å². The third kappa shape index (κ3) is 3.47. The Balaban J connectivity index is 2.19. The second-order valence-electron chi connectivity index (χ2n) is 6.97. The molecule has 0 aliphatic heterocycles. The van der Waals surface area contributed by atoms with Crippen LogP contribution in [0, 0.1) is 12.7 Å². The number of halogens is 1. The first kappa shape index (κ1) is 17.0. The zero-order valence-corrected chi connectivity index (χ0v) is 14.7.